The first-order valence-corrected chi connectivity index (χ1v) is 23.9. The minimum Gasteiger partial charge on any atom is -0.456 e. The summed E-state index contributed by atoms with van der Waals surface area (Å²) in [7, 11) is 0. The van der Waals surface area contributed by atoms with Gasteiger partial charge in [0.2, 0.25) is 0 Å². The number of benzene rings is 11. The molecule has 1 aliphatic heterocycles. The third kappa shape index (κ3) is 6.51. The molecule has 13 aromatic rings. The molecule has 1 aliphatic rings. The van der Waals surface area contributed by atoms with Crippen LogP contribution in [-0.4, -0.2) is 11.7 Å². The maximum absolute atomic E-state index is 6.54. The molecule has 0 fully saturated rings. The smallest absolute Gasteiger partial charge is 0.159 e. The van der Waals surface area contributed by atoms with Gasteiger partial charge in [-0.25, -0.2) is 9.98 Å². The van der Waals surface area contributed by atoms with Gasteiger partial charge in [-0.05, 0) is 126 Å². The highest BCUT2D eigenvalue weighted by Gasteiger charge is 2.23. The third-order valence-electron chi connectivity index (χ3n) is 13.7. The molecule has 1 N–H and O–H groups in total. The summed E-state index contributed by atoms with van der Waals surface area (Å²) in [4.78, 5) is 10.6. The molecule has 1 unspecified atom stereocenters. The van der Waals surface area contributed by atoms with Gasteiger partial charge < -0.3 is 9.73 Å². The quantitative estimate of drug-likeness (QED) is 0.169. The topological polar surface area (TPSA) is 49.9 Å². The fraction of sp³-hybridized carbons (Fsp3) is 0.0159. The van der Waals surface area contributed by atoms with E-state index in [1.165, 1.54) is 58.6 Å². The molecule has 318 valence electrons. The summed E-state index contributed by atoms with van der Waals surface area (Å²) in [6.07, 6.45) is -0.347. The highest BCUT2D eigenvalue weighted by molar-refractivity contribution is 7.25. The number of nitrogens with zero attached hydrogens (tertiary/aromatic N) is 2. The number of thiophene rings is 1. The van der Waals surface area contributed by atoms with E-state index in [1.54, 1.807) is 0 Å². The van der Waals surface area contributed by atoms with Gasteiger partial charge in [-0.3, -0.25) is 0 Å². The summed E-state index contributed by atoms with van der Waals surface area (Å²) in [6.45, 7) is 0. The maximum Gasteiger partial charge on any atom is 0.159 e. The van der Waals surface area contributed by atoms with E-state index in [2.05, 4.69) is 230 Å². The second-order valence-corrected chi connectivity index (χ2v) is 18.8. The third-order valence-corrected chi connectivity index (χ3v) is 14.9. The number of rotatable bonds is 6. The predicted molar refractivity (Wildman–Crippen MR) is 287 cm³/mol. The van der Waals surface area contributed by atoms with Crippen molar-refractivity contribution in [2.24, 2.45) is 9.98 Å². The van der Waals surface area contributed by atoms with Crippen molar-refractivity contribution in [2.45, 2.75) is 6.17 Å². The lowest BCUT2D eigenvalue weighted by Gasteiger charge is -2.24. The minimum atomic E-state index is -0.347. The van der Waals surface area contributed by atoms with Crippen LogP contribution in [-0.2, 0) is 0 Å². The molecule has 1 atom stereocenters. The van der Waals surface area contributed by atoms with Crippen molar-refractivity contribution in [3.63, 3.8) is 0 Å². The molecular weight excluding hydrogens is 847 g/mol. The Bertz CT molecular complexity index is 4240. The van der Waals surface area contributed by atoms with Crippen LogP contribution in [0.15, 0.2) is 239 Å². The van der Waals surface area contributed by atoms with E-state index in [0.717, 1.165) is 71.8 Å². The minimum absolute atomic E-state index is 0.347. The average molecular weight is 886 g/mol. The first-order valence-electron chi connectivity index (χ1n) is 23.1. The first-order chi connectivity index (χ1) is 33.6. The lowest BCUT2D eigenvalue weighted by molar-refractivity contribution is 0.669. The molecule has 0 saturated heterocycles. The van der Waals surface area contributed by atoms with Crippen LogP contribution < -0.4 is 5.32 Å². The molecule has 0 spiro atoms. The van der Waals surface area contributed by atoms with Gasteiger partial charge in [0.25, 0.3) is 0 Å². The molecule has 14 rings (SSSR count). The fourth-order valence-electron chi connectivity index (χ4n) is 10.3. The highest BCUT2D eigenvalue weighted by Crippen LogP contribution is 2.41. The van der Waals surface area contributed by atoms with Crippen molar-refractivity contribution in [1.82, 2.24) is 5.32 Å². The standard InChI is InChI=1S/C63H39N3OS/c1-2-9-38(10-3-1)39-17-22-42(23-18-39)61-64-62(66-63(65-61)48-27-30-51-45(33-48)25-21-41-11-4-5-12-50(41)51)47-26-20-40-19-24-46(34-49(40)35-47)52-14-8-15-57-60(52)55-37-43(28-31-56(55)67-57)44-29-32-59-54(36-44)53-13-6-7-16-58(53)68-59/h1-37,61H,(H,64,65,66). The van der Waals surface area contributed by atoms with Crippen LogP contribution in [0.4, 0.5) is 0 Å². The van der Waals surface area contributed by atoms with Crippen LogP contribution in [0, 0.1) is 0 Å². The largest absolute Gasteiger partial charge is 0.456 e. The van der Waals surface area contributed by atoms with Gasteiger partial charge in [0.1, 0.15) is 23.2 Å². The summed E-state index contributed by atoms with van der Waals surface area (Å²) in [5, 5.41) is 15.7. The summed E-state index contributed by atoms with van der Waals surface area (Å²) in [5.41, 5.74) is 11.8. The molecule has 11 aromatic carbocycles. The zero-order valence-electron chi connectivity index (χ0n) is 36.7. The Morgan fingerprint density at radius 2 is 1.03 bits per heavy atom. The molecule has 2 aromatic heterocycles. The normalized spacial score (nSPS) is 14.0. The number of amidine groups is 2. The summed E-state index contributed by atoms with van der Waals surface area (Å²) in [6, 6.07) is 80.7. The van der Waals surface area contributed by atoms with E-state index in [4.69, 9.17) is 14.4 Å². The van der Waals surface area contributed by atoms with Crippen LogP contribution >= 0.6 is 11.3 Å². The summed E-state index contributed by atoms with van der Waals surface area (Å²) < 4.78 is 9.16. The average Bonchev–Trinajstić information content (AvgIpc) is 3.98. The molecule has 0 bridgehead atoms. The van der Waals surface area contributed by atoms with Crippen molar-refractivity contribution < 1.29 is 4.42 Å². The van der Waals surface area contributed by atoms with E-state index in [9.17, 15) is 0 Å². The number of aliphatic imine (C=N–C) groups is 2. The predicted octanol–water partition coefficient (Wildman–Crippen LogP) is 16.9. The lowest BCUT2D eigenvalue weighted by Crippen LogP contribution is -2.33. The summed E-state index contributed by atoms with van der Waals surface area (Å²) in [5.74, 6) is 1.48. The molecule has 0 aliphatic carbocycles. The number of furan rings is 1. The second-order valence-electron chi connectivity index (χ2n) is 17.7. The van der Waals surface area contributed by atoms with Crippen molar-refractivity contribution in [3.8, 4) is 33.4 Å². The lowest BCUT2D eigenvalue weighted by atomic mass is 9.95. The Kier molecular flexibility index (Phi) is 8.79. The Labute approximate surface area is 395 Å². The van der Waals surface area contributed by atoms with Crippen LogP contribution in [0.5, 0.6) is 0 Å². The van der Waals surface area contributed by atoms with E-state index < -0.39 is 0 Å². The van der Waals surface area contributed by atoms with Gasteiger partial charge in [0.05, 0.1) is 0 Å². The molecular formula is C63H39N3OS. The van der Waals surface area contributed by atoms with Gasteiger partial charge in [0.15, 0.2) is 5.84 Å². The van der Waals surface area contributed by atoms with E-state index >= 15 is 0 Å². The monoisotopic (exact) mass is 885 g/mol. The van der Waals surface area contributed by atoms with Crippen molar-refractivity contribution in [1.29, 1.82) is 0 Å². The van der Waals surface area contributed by atoms with Gasteiger partial charge in [0, 0.05) is 42.1 Å². The molecule has 0 amide bonds. The van der Waals surface area contributed by atoms with Gasteiger partial charge in [-0.2, -0.15) is 0 Å². The zero-order chi connectivity index (χ0) is 44.7. The molecule has 3 heterocycles. The van der Waals surface area contributed by atoms with Crippen LogP contribution in [0.25, 0.3) is 108 Å². The van der Waals surface area contributed by atoms with Crippen molar-refractivity contribution >= 4 is 97.4 Å². The fourth-order valence-corrected chi connectivity index (χ4v) is 11.3. The molecule has 0 radical (unpaired) electrons. The molecule has 68 heavy (non-hydrogen) atoms. The van der Waals surface area contributed by atoms with E-state index in [0.29, 0.717) is 5.84 Å². The maximum atomic E-state index is 6.54. The van der Waals surface area contributed by atoms with Crippen molar-refractivity contribution in [2.75, 3.05) is 0 Å². The second kappa shape index (κ2) is 15.5. The molecule has 0 saturated carbocycles. The Hall–Kier alpha value is -8.64. The summed E-state index contributed by atoms with van der Waals surface area (Å²) >= 11 is 1.85. The number of hydrogen-bond donors (Lipinski definition) is 1. The van der Waals surface area contributed by atoms with E-state index in [1.807, 2.05) is 11.3 Å². The highest BCUT2D eigenvalue weighted by atomic mass is 32.1. The zero-order valence-corrected chi connectivity index (χ0v) is 37.5. The van der Waals surface area contributed by atoms with Gasteiger partial charge in [-0.1, -0.05) is 170 Å². The number of nitrogens with one attached hydrogen (secondary N) is 1. The number of hydrogen-bond acceptors (Lipinski definition) is 5. The Morgan fingerprint density at radius 3 is 1.93 bits per heavy atom. The Balaban J connectivity index is 0.856. The SMILES string of the molecule is c1ccc(-c2ccc(C3N=C(c4ccc5c(ccc6ccccc65)c4)N=C(c4ccc5ccc(-c6cccc7oc8ccc(-c9ccc%10sc%11ccccc%11c%10c9)cc8c67)cc5c4)N3)cc2)cc1. The van der Waals surface area contributed by atoms with Gasteiger partial charge in [-0.15, -0.1) is 11.3 Å². The van der Waals surface area contributed by atoms with Gasteiger partial charge >= 0.3 is 0 Å². The van der Waals surface area contributed by atoms with Crippen LogP contribution in [0.3, 0.4) is 0 Å². The molecule has 5 heteroatoms. The van der Waals surface area contributed by atoms with Crippen LogP contribution in [0.1, 0.15) is 22.9 Å². The number of fused-ring (bicyclic) bond motifs is 10. The first kappa shape index (κ1) is 38.6. The molecule has 4 nitrogen and oxygen atoms in total. The van der Waals surface area contributed by atoms with Crippen molar-refractivity contribution in [3.05, 3.63) is 241 Å². The van der Waals surface area contributed by atoms with E-state index in [-0.39, 0.29) is 6.17 Å². The van der Waals surface area contributed by atoms with Crippen LogP contribution in [0.2, 0.25) is 0 Å². The Morgan fingerprint density at radius 1 is 0.382 bits per heavy atom.